The Kier molecular flexibility index (Phi) is 6.75. The summed E-state index contributed by atoms with van der Waals surface area (Å²) in [5.41, 5.74) is 0.621. The number of aromatic nitrogens is 4. The molecule has 2 aliphatic rings. The number of aromatic carboxylic acids is 1. The van der Waals surface area contributed by atoms with Gasteiger partial charge in [-0.1, -0.05) is 0 Å². The van der Waals surface area contributed by atoms with Crippen LogP contribution in [0.5, 0.6) is 5.88 Å². The van der Waals surface area contributed by atoms with Crippen LogP contribution >= 0.6 is 0 Å². The molecule has 4 heterocycles. The summed E-state index contributed by atoms with van der Waals surface area (Å²) in [7, 11) is 0. The van der Waals surface area contributed by atoms with Crippen molar-refractivity contribution in [2.75, 3.05) is 41.4 Å². The number of anilines is 3. The van der Waals surface area contributed by atoms with Gasteiger partial charge in [0.15, 0.2) is 11.6 Å². The Bertz CT molecular complexity index is 1060. The fourth-order valence-electron chi connectivity index (χ4n) is 3.90. The number of amides is 2. The summed E-state index contributed by atoms with van der Waals surface area (Å²) < 4.78 is 10.8. The molecule has 4 rings (SSSR count). The Labute approximate surface area is 195 Å². The maximum Gasteiger partial charge on any atom is 0.374 e. The van der Waals surface area contributed by atoms with Crippen molar-refractivity contribution >= 4 is 29.3 Å². The Morgan fingerprint density at radius 3 is 2.85 bits per heavy atom. The van der Waals surface area contributed by atoms with E-state index in [2.05, 4.69) is 30.2 Å². The minimum atomic E-state index is -1.26. The van der Waals surface area contributed by atoms with E-state index in [9.17, 15) is 19.8 Å². The van der Waals surface area contributed by atoms with Crippen LogP contribution in [0.25, 0.3) is 0 Å². The minimum Gasteiger partial charge on any atom is -0.477 e. The van der Waals surface area contributed by atoms with Crippen LogP contribution in [0.15, 0.2) is 18.6 Å². The van der Waals surface area contributed by atoms with Gasteiger partial charge in [-0.05, 0) is 26.7 Å². The molecular weight excluding hydrogens is 446 g/mol. The van der Waals surface area contributed by atoms with Gasteiger partial charge in [0.25, 0.3) is 0 Å². The second-order valence-electron chi connectivity index (χ2n) is 8.49. The summed E-state index contributed by atoms with van der Waals surface area (Å²) in [6, 6.07) is 0.854. The van der Waals surface area contributed by atoms with Gasteiger partial charge in [-0.15, -0.1) is 0 Å². The van der Waals surface area contributed by atoms with Gasteiger partial charge in [0.2, 0.25) is 11.7 Å². The van der Waals surface area contributed by atoms with E-state index >= 15 is 0 Å². The molecule has 34 heavy (non-hydrogen) atoms. The number of carboxylic acid groups (broad SMARTS) is 1. The Hall–Kier alpha value is -3.58. The first-order valence-electron chi connectivity index (χ1n) is 11.0. The summed E-state index contributed by atoms with van der Waals surface area (Å²) in [6.07, 6.45) is 4.91. The molecule has 0 radical (unpaired) electrons. The number of hydrogen-bond donors (Lipinski definition) is 3. The van der Waals surface area contributed by atoms with Crippen molar-refractivity contribution < 1.29 is 29.3 Å². The van der Waals surface area contributed by atoms with E-state index in [0.717, 1.165) is 19.4 Å². The first-order chi connectivity index (χ1) is 16.2. The van der Waals surface area contributed by atoms with Crippen molar-refractivity contribution in [1.82, 2.24) is 19.9 Å². The van der Waals surface area contributed by atoms with Crippen LogP contribution in [0, 0.1) is 0 Å². The van der Waals surface area contributed by atoms with Crippen molar-refractivity contribution in [3.05, 3.63) is 24.4 Å². The first kappa shape index (κ1) is 23.6. The van der Waals surface area contributed by atoms with E-state index in [4.69, 9.17) is 9.47 Å². The Balaban J connectivity index is 1.45. The molecule has 13 nitrogen and oxygen atoms in total. The lowest BCUT2D eigenvalue weighted by atomic mass is 10.0. The average molecular weight is 473 g/mol. The fraction of sp³-hybridized carbons (Fsp3) is 0.524. The van der Waals surface area contributed by atoms with E-state index < -0.39 is 17.8 Å². The second kappa shape index (κ2) is 9.73. The van der Waals surface area contributed by atoms with E-state index in [-0.39, 0.29) is 29.4 Å². The normalized spacial score (nSPS) is 17.2. The van der Waals surface area contributed by atoms with Gasteiger partial charge < -0.3 is 24.6 Å². The van der Waals surface area contributed by atoms with Gasteiger partial charge in [-0.2, -0.15) is 0 Å². The summed E-state index contributed by atoms with van der Waals surface area (Å²) in [5, 5.41) is 21.6. The van der Waals surface area contributed by atoms with E-state index in [1.165, 1.54) is 23.5 Å². The molecule has 2 aromatic heterocycles. The van der Waals surface area contributed by atoms with Crippen LogP contribution in [0.3, 0.4) is 0 Å². The molecule has 0 aliphatic carbocycles. The van der Waals surface area contributed by atoms with Crippen molar-refractivity contribution in [2.24, 2.45) is 0 Å². The maximum absolute atomic E-state index is 13.3. The third-order valence-corrected chi connectivity index (χ3v) is 5.36. The van der Waals surface area contributed by atoms with Crippen molar-refractivity contribution in [1.29, 1.82) is 0 Å². The lowest BCUT2D eigenvalue weighted by Gasteiger charge is -2.45. The second-order valence-corrected chi connectivity index (χ2v) is 8.49. The maximum atomic E-state index is 13.3. The van der Waals surface area contributed by atoms with Gasteiger partial charge in [0.1, 0.15) is 12.1 Å². The number of carboxylic acids is 1. The Morgan fingerprint density at radius 2 is 2.09 bits per heavy atom. The summed E-state index contributed by atoms with van der Waals surface area (Å²) >= 11 is 0. The summed E-state index contributed by atoms with van der Waals surface area (Å²) in [4.78, 5) is 44.4. The highest BCUT2D eigenvalue weighted by Gasteiger charge is 2.39. The molecule has 1 fully saturated rings. The number of fused-ring (bicyclic) bond motifs is 4. The number of nitrogens with one attached hydrogen (secondary N) is 1. The molecule has 1 unspecified atom stereocenters. The van der Waals surface area contributed by atoms with Crippen LogP contribution in [-0.4, -0.2) is 80.3 Å². The van der Waals surface area contributed by atoms with Crippen LogP contribution in [-0.2, 0) is 4.74 Å². The molecule has 182 valence electrons. The van der Waals surface area contributed by atoms with Gasteiger partial charge >= 0.3 is 12.0 Å². The van der Waals surface area contributed by atoms with Crippen molar-refractivity contribution in [2.45, 2.75) is 44.9 Å². The number of hydrogen-bond acceptors (Lipinski definition) is 10. The molecule has 2 amide bonds. The van der Waals surface area contributed by atoms with Crippen molar-refractivity contribution in [3.63, 3.8) is 0 Å². The number of carbonyl (C=O) groups is 2. The molecule has 1 atom stereocenters. The third-order valence-electron chi connectivity index (χ3n) is 5.36. The molecule has 0 aromatic carbocycles. The summed E-state index contributed by atoms with van der Waals surface area (Å²) in [5.74, 6) is -2.08. The molecule has 0 spiro atoms. The number of carbonyl (C=O) groups excluding carboxylic acids is 1. The monoisotopic (exact) mass is 473 g/mol. The minimum absolute atomic E-state index is 0.161. The summed E-state index contributed by atoms with van der Waals surface area (Å²) in [6.45, 7) is 5.11. The van der Waals surface area contributed by atoms with Crippen LogP contribution in [0.1, 0.15) is 43.7 Å². The molecule has 2 aromatic rings. The number of rotatable bonds is 8. The van der Waals surface area contributed by atoms with E-state index in [1.54, 1.807) is 13.8 Å². The molecule has 2 aliphatic heterocycles. The third kappa shape index (κ3) is 5.48. The van der Waals surface area contributed by atoms with E-state index in [0.29, 0.717) is 31.9 Å². The van der Waals surface area contributed by atoms with Crippen molar-refractivity contribution in [3.8, 4) is 5.88 Å². The predicted octanol–water partition coefficient (Wildman–Crippen LogP) is 1.50. The van der Waals surface area contributed by atoms with Crippen LogP contribution < -0.4 is 19.9 Å². The SMILES string of the molecule is CC(C)(O)OCCCOc1cc(NC(=O)N2c3nc(C(=O)O)ncc3N3CCCC2C3)ncn1. The molecule has 1 saturated heterocycles. The Morgan fingerprint density at radius 1 is 1.26 bits per heavy atom. The number of urea groups is 1. The molecule has 3 N–H and O–H groups in total. The fourth-order valence-corrected chi connectivity index (χ4v) is 3.90. The van der Waals surface area contributed by atoms with Crippen LogP contribution in [0.4, 0.5) is 22.1 Å². The lowest BCUT2D eigenvalue weighted by molar-refractivity contribution is -0.176. The zero-order chi connectivity index (χ0) is 24.3. The van der Waals surface area contributed by atoms with Gasteiger partial charge in [-0.3, -0.25) is 10.2 Å². The molecular formula is C21H27N7O6. The number of aliphatic hydroxyl groups is 1. The van der Waals surface area contributed by atoms with Gasteiger partial charge in [0, 0.05) is 25.6 Å². The molecule has 13 heteroatoms. The first-order valence-corrected chi connectivity index (χ1v) is 11.0. The smallest absolute Gasteiger partial charge is 0.374 e. The number of piperidine rings is 1. The highest BCUT2D eigenvalue weighted by atomic mass is 16.6. The molecule has 0 saturated carbocycles. The number of ether oxygens (including phenoxy) is 2. The molecule has 2 bridgehead atoms. The topological polar surface area (TPSA) is 163 Å². The standard InChI is InChI=1S/C21H27N7O6/c1-21(2,32)34-8-4-7-33-16-9-15(23-12-24-16)25-20(31)28-13-5-3-6-27(11-13)14-10-22-17(19(29)30)26-18(14)28/h9-10,12-13,32H,3-8,11H2,1-2H3,(H,29,30)(H,23,24,25,31). The average Bonchev–Trinajstić information content (AvgIpc) is 2.78. The highest BCUT2D eigenvalue weighted by molar-refractivity contribution is 6.04. The predicted molar refractivity (Wildman–Crippen MR) is 120 cm³/mol. The zero-order valence-electron chi connectivity index (χ0n) is 19.0. The zero-order valence-corrected chi connectivity index (χ0v) is 19.0. The lowest BCUT2D eigenvalue weighted by Crippen LogP contribution is -2.56. The van der Waals surface area contributed by atoms with E-state index in [1.807, 2.05) is 0 Å². The number of nitrogens with zero attached hydrogens (tertiary/aromatic N) is 6. The largest absolute Gasteiger partial charge is 0.477 e. The highest BCUT2D eigenvalue weighted by Crippen LogP contribution is 2.37. The quantitative estimate of drug-likeness (QED) is 0.376. The van der Waals surface area contributed by atoms with Crippen LogP contribution in [0.2, 0.25) is 0 Å². The van der Waals surface area contributed by atoms with Gasteiger partial charge in [-0.25, -0.2) is 29.5 Å². The van der Waals surface area contributed by atoms with Gasteiger partial charge in [0.05, 0.1) is 31.1 Å².